The van der Waals surface area contributed by atoms with Gasteiger partial charge in [0.15, 0.2) is 5.78 Å². The van der Waals surface area contributed by atoms with Crippen LogP contribution in [0.15, 0.2) is 42.5 Å². The van der Waals surface area contributed by atoms with Gasteiger partial charge in [-0.25, -0.2) is 0 Å². The molecule has 144 valence electrons. The molecule has 1 unspecified atom stereocenters. The summed E-state index contributed by atoms with van der Waals surface area (Å²) in [6.45, 7) is 8.84. The molecule has 5 heteroatoms. The van der Waals surface area contributed by atoms with Gasteiger partial charge >= 0.3 is 0 Å². The quantitative estimate of drug-likeness (QED) is 0.411. The molecule has 0 bridgehead atoms. The summed E-state index contributed by atoms with van der Waals surface area (Å²) in [5.41, 5.74) is 4.65. The van der Waals surface area contributed by atoms with Gasteiger partial charge < -0.3 is 9.47 Å². The Morgan fingerprint density at radius 1 is 1.07 bits per heavy atom. The Bertz CT molecular complexity index is 764. The first-order valence-electron chi connectivity index (χ1n) is 9.08. The average molecular weight is 403 g/mol. The summed E-state index contributed by atoms with van der Waals surface area (Å²) in [5, 5.41) is 0. The van der Waals surface area contributed by atoms with Crippen LogP contribution in [0.4, 0.5) is 0 Å². The molecule has 0 aliphatic carbocycles. The third-order valence-electron chi connectivity index (χ3n) is 4.13. The summed E-state index contributed by atoms with van der Waals surface area (Å²) >= 11 is 6.67. The summed E-state index contributed by atoms with van der Waals surface area (Å²) in [6.07, 6.45) is -0.584. The highest BCUT2D eigenvalue weighted by molar-refractivity contribution is 8.22. The maximum atomic E-state index is 13.3. The van der Waals surface area contributed by atoms with Crippen LogP contribution in [-0.2, 0) is 15.2 Å². The van der Waals surface area contributed by atoms with Gasteiger partial charge in [0, 0.05) is 17.9 Å². The number of ether oxygens (including phenoxy) is 2. The van der Waals surface area contributed by atoms with Crippen molar-refractivity contribution < 1.29 is 14.3 Å². The van der Waals surface area contributed by atoms with Crippen LogP contribution in [0.5, 0.6) is 0 Å². The standard InChI is InChI=1S/C22H26O3S2/c1-5-24-21(18-10-8-7-9-11-18)20(23)19-15(3)12-17(13-16(19)4)14-27-22(26)25-6-2/h7-13,21H,5-6,14H2,1-4H3. The molecule has 3 nitrogen and oxygen atoms in total. The smallest absolute Gasteiger partial charge is 0.220 e. The fourth-order valence-electron chi connectivity index (χ4n) is 3.08. The maximum Gasteiger partial charge on any atom is 0.220 e. The van der Waals surface area contributed by atoms with Crippen LogP contribution < -0.4 is 0 Å². The van der Waals surface area contributed by atoms with E-state index in [-0.39, 0.29) is 5.78 Å². The summed E-state index contributed by atoms with van der Waals surface area (Å²) in [7, 11) is 0. The number of hydrogen-bond acceptors (Lipinski definition) is 5. The molecule has 0 aromatic heterocycles. The number of thioether (sulfide) groups is 1. The zero-order valence-electron chi connectivity index (χ0n) is 16.3. The van der Waals surface area contributed by atoms with E-state index in [0.29, 0.717) is 17.6 Å². The van der Waals surface area contributed by atoms with Crippen molar-refractivity contribution in [2.45, 2.75) is 39.6 Å². The molecule has 0 N–H and O–H groups in total. The number of carbonyl (C=O) groups excluding carboxylic acids is 1. The number of carbonyl (C=O) groups is 1. The highest BCUT2D eigenvalue weighted by atomic mass is 32.2. The minimum absolute atomic E-state index is 0.00194. The second-order valence-electron chi connectivity index (χ2n) is 6.19. The Labute approximate surface area is 171 Å². The third-order valence-corrected chi connectivity index (χ3v) is 5.43. The molecule has 2 aromatic carbocycles. The molecule has 0 spiro atoms. The van der Waals surface area contributed by atoms with Crippen molar-refractivity contribution in [3.8, 4) is 0 Å². The van der Waals surface area contributed by atoms with E-state index in [0.717, 1.165) is 33.6 Å². The molecular formula is C22H26O3S2. The molecule has 0 fully saturated rings. The lowest BCUT2D eigenvalue weighted by molar-refractivity contribution is 0.0451. The molecule has 2 rings (SSSR count). The van der Waals surface area contributed by atoms with Crippen molar-refractivity contribution >= 4 is 34.1 Å². The summed E-state index contributed by atoms with van der Waals surface area (Å²) in [5.74, 6) is 0.727. The first kappa shape index (κ1) is 21.6. The second kappa shape index (κ2) is 10.6. The SMILES string of the molecule is CCOC(=S)SCc1cc(C)c(C(=O)C(OCC)c2ccccc2)c(C)c1. The number of rotatable bonds is 8. The molecule has 0 heterocycles. The molecular weight excluding hydrogens is 376 g/mol. The Hall–Kier alpha value is -1.69. The van der Waals surface area contributed by atoms with Gasteiger partial charge in [-0.3, -0.25) is 4.79 Å². The average Bonchev–Trinajstić information content (AvgIpc) is 2.64. The van der Waals surface area contributed by atoms with Gasteiger partial charge in [-0.1, -0.05) is 54.2 Å². The van der Waals surface area contributed by atoms with Crippen molar-refractivity contribution in [3.63, 3.8) is 0 Å². The van der Waals surface area contributed by atoms with Crippen LogP contribution in [0.3, 0.4) is 0 Å². The number of Topliss-reactive ketones (excluding diaryl/α,β-unsaturated/α-hetero) is 1. The van der Waals surface area contributed by atoms with E-state index in [4.69, 9.17) is 21.7 Å². The Kier molecular flexibility index (Phi) is 8.48. The number of thiocarbonyl (C=S) groups is 1. The van der Waals surface area contributed by atoms with Crippen LogP contribution in [0.1, 0.15) is 52.6 Å². The minimum atomic E-state index is -0.584. The minimum Gasteiger partial charge on any atom is -0.479 e. The predicted molar refractivity (Wildman–Crippen MR) is 117 cm³/mol. The van der Waals surface area contributed by atoms with Crippen LogP contribution in [0, 0.1) is 13.8 Å². The second-order valence-corrected chi connectivity index (χ2v) is 7.76. The van der Waals surface area contributed by atoms with Gasteiger partial charge in [-0.2, -0.15) is 0 Å². The van der Waals surface area contributed by atoms with Crippen molar-refractivity contribution in [3.05, 3.63) is 70.3 Å². The van der Waals surface area contributed by atoms with E-state index in [1.807, 2.05) is 58.0 Å². The third kappa shape index (κ3) is 5.89. The van der Waals surface area contributed by atoms with Gasteiger partial charge in [0.25, 0.3) is 0 Å². The lowest BCUT2D eigenvalue weighted by Crippen LogP contribution is -2.19. The van der Waals surface area contributed by atoms with E-state index in [2.05, 4.69) is 12.1 Å². The number of hydrogen-bond donors (Lipinski definition) is 0. The van der Waals surface area contributed by atoms with E-state index >= 15 is 0 Å². The molecule has 0 amide bonds. The van der Waals surface area contributed by atoms with Gasteiger partial charge in [-0.05, 0) is 62.2 Å². The first-order valence-corrected chi connectivity index (χ1v) is 10.5. The van der Waals surface area contributed by atoms with E-state index in [9.17, 15) is 4.79 Å². The normalized spacial score (nSPS) is 11.9. The highest BCUT2D eigenvalue weighted by Crippen LogP contribution is 2.28. The van der Waals surface area contributed by atoms with Crippen molar-refractivity contribution in [1.29, 1.82) is 0 Å². The molecule has 27 heavy (non-hydrogen) atoms. The fourth-order valence-corrected chi connectivity index (χ4v) is 4.02. The van der Waals surface area contributed by atoms with Crippen molar-refractivity contribution in [2.24, 2.45) is 0 Å². The first-order chi connectivity index (χ1) is 13.0. The monoisotopic (exact) mass is 402 g/mol. The summed E-state index contributed by atoms with van der Waals surface area (Å²) in [6, 6.07) is 13.8. The van der Waals surface area contributed by atoms with E-state index < -0.39 is 6.10 Å². The number of benzene rings is 2. The molecule has 2 aromatic rings. The molecule has 0 saturated heterocycles. The predicted octanol–water partition coefficient (Wildman–Crippen LogP) is 5.82. The molecule has 0 aliphatic rings. The number of ketones is 1. The van der Waals surface area contributed by atoms with Crippen LogP contribution in [0.2, 0.25) is 0 Å². The van der Waals surface area contributed by atoms with Crippen LogP contribution in [0.25, 0.3) is 0 Å². The lowest BCUT2D eigenvalue weighted by atomic mass is 9.91. The zero-order chi connectivity index (χ0) is 19.8. The fraction of sp³-hybridized carbons (Fsp3) is 0.364. The Balaban J connectivity index is 2.26. The topological polar surface area (TPSA) is 35.5 Å². The molecule has 0 radical (unpaired) electrons. The van der Waals surface area contributed by atoms with Gasteiger partial charge in [-0.15, -0.1) is 0 Å². The summed E-state index contributed by atoms with van der Waals surface area (Å²) < 4.78 is 11.7. The van der Waals surface area contributed by atoms with E-state index in [1.165, 1.54) is 11.8 Å². The Morgan fingerprint density at radius 2 is 1.70 bits per heavy atom. The van der Waals surface area contributed by atoms with E-state index in [1.54, 1.807) is 0 Å². The van der Waals surface area contributed by atoms with Gasteiger partial charge in [0.1, 0.15) is 6.10 Å². The van der Waals surface area contributed by atoms with Crippen LogP contribution in [-0.4, -0.2) is 23.4 Å². The highest BCUT2D eigenvalue weighted by Gasteiger charge is 2.25. The van der Waals surface area contributed by atoms with Gasteiger partial charge in [0.2, 0.25) is 4.38 Å². The summed E-state index contributed by atoms with van der Waals surface area (Å²) in [4.78, 5) is 13.3. The van der Waals surface area contributed by atoms with Crippen LogP contribution >= 0.6 is 24.0 Å². The van der Waals surface area contributed by atoms with Gasteiger partial charge in [0.05, 0.1) is 6.61 Å². The Morgan fingerprint density at radius 3 is 2.26 bits per heavy atom. The lowest BCUT2D eigenvalue weighted by Gasteiger charge is -2.19. The largest absolute Gasteiger partial charge is 0.479 e. The molecule has 1 atom stereocenters. The zero-order valence-corrected chi connectivity index (χ0v) is 17.9. The van der Waals surface area contributed by atoms with Crippen molar-refractivity contribution in [1.82, 2.24) is 0 Å². The molecule has 0 aliphatic heterocycles. The maximum absolute atomic E-state index is 13.3. The molecule has 0 saturated carbocycles. The van der Waals surface area contributed by atoms with Crippen molar-refractivity contribution in [2.75, 3.05) is 13.2 Å². The number of aryl methyl sites for hydroxylation is 2.